The standard InChI is InChI=1S/C30H31N7O4/c1-35-18-21(16-32-35)29-24-17-31-26(36(2)30(38)39)15-25(24)37(34-29)22-11-13-23(14-12-22)41-28-10-6-9-27(33-28)40-19-20-7-4-3-5-8-20/h3-10,15-18,22-23H,11-14,19H2,1-2H3,(H,38,39). The third kappa shape index (κ3) is 5.69. The minimum Gasteiger partial charge on any atom is -0.474 e. The lowest BCUT2D eigenvalue weighted by atomic mass is 9.93. The number of pyridine rings is 2. The fraction of sp³-hybridized carbons (Fsp3) is 0.300. The summed E-state index contributed by atoms with van der Waals surface area (Å²) in [5.41, 5.74) is 3.58. The van der Waals surface area contributed by atoms with E-state index in [0.717, 1.165) is 58.3 Å². The van der Waals surface area contributed by atoms with Gasteiger partial charge in [0.2, 0.25) is 11.8 Å². The van der Waals surface area contributed by atoms with Crippen LogP contribution in [0.3, 0.4) is 0 Å². The van der Waals surface area contributed by atoms with Gasteiger partial charge in [-0.05, 0) is 31.2 Å². The highest BCUT2D eigenvalue weighted by molar-refractivity contribution is 5.95. The molecule has 210 valence electrons. The number of aryl methyl sites for hydroxylation is 1. The first-order chi connectivity index (χ1) is 19.9. The van der Waals surface area contributed by atoms with E-state index in [2.05, 4.69) is 15.1 Å². The van der Waals surface area contributed by atoms with Gasteiger partial charge < -0.3 is 14.6 Å². The third-order valence-corrected chi connectivity index (χ3v) is 7.39. The van der Waals surface area contributed by atoms with Gasteiger partial charge in [0.05, 0.1) is 17.8 Å². The summed E-state index contributed by atoms with van der Waals surface area (Å²) in [7, 11) is 3.35. The number of carbonyl (C=O) groups is 1. The largest absolute Gasteiger partial charge is 0.474 e. The molecule has 41 heavy (non-hydrogen) atoms. The number of ether oxygens (including phenoxy) is 2. The predicted molar refractivity (Wildman–Crippen MR) is 153 cm³/mol. The van der Waals surface area contributed by atoms with E-state index < -0.39 is 6.09 Å². The van der Waals surface area contributed by atoms with Crippen molar-refractivity contribution in [1.29, 1.82) is 0 Å². The van der Waals surface area contributed by atoms with Gasteiger partial charge in [-0.2, -0.15) is 15.2 Å². The highest BCUT2D eigenvalue weighted by atomic mass is 16.5. The maximum atomic E-state index is 11.6. The number of anilines is 1. The lowest BCUT2D eigenvalue weighted by molar-refractivity contribution is 0.124. The molecule has 1 saturated carbocycles. The molecule has 4 heterocycles. The normalized spacial score (nSPS) is 16.9. The molecule has 0 spiro atoms. The Bertz CT molecular complexity index is 1660. The second-order valence-corrected chi connectivity index (χ2v) is 10.2. The lowest BCUT2D eigenvalue weighted by Gasteiger charge is -2.29. The number of hydrogen-bond donors (Lipinski definition) is 1. The molecule has 11 nitrogen and oxygen atoms in total. The van der Waals surface area contributed by atoms with Crippen LogP contribution in [0.2, 0.25) is 0 Å². The van der Waals surface area contributed by atoms with E-state index in [9.17, 15) is 9.90 Å². The van der Waals surface area contributed by atoms with Gasteiger partial charge >= 0.3 is 6.09 Å². The molecular formula is C30H31N7O4. The van der Waals surface area contributed by atoms with Crippen molar-refractivity contribution in [3.05, 3.63) is 78.8 Å². The minimum atomic E-state index is -1.07. The number of benzene rings is 1. The van der Waals surface area contributed by atoms with E-state index in [1.54, 1.807) is 23.1 Å². The fourth-order valence-corrected chi connectivity index (χ4v) is 5.19. The van der Waals surface area contributed by atoms with Gasteiger partial charge in [-0.15, -0.1) is 0 Å². The molecule has 0 atom stereocenters. The SMILES string of the molecule is CN(C(=O)O)c1cc2c(cn1)c(-c1cnn(C)c1)nn2C1CCC(Oc2cccc(OCc3ccccc3)n2)CC1. The number of nitrogens with zero attached hydrogens (tertiary/aromatic N) is 7. The Hall–Kier alpha value is -4.93. The molecule has 0 unspecified atom stereocenters. The Kier molecular flexibility index (Phi) is 7.24. The molecule has 0 radical (unpaired) electrons. The van der Waals surface area contributed by atoms with Gasteiger partial charge in [0.15, 0.2) is 0 Å². The summed E-state index contributed by atoms with van der Waals surface area (Å²) in [6.07, 6.45) is 7.71. The molecule has 1 aliphatic carbocycles. The van der Waals surface area contributed by atoms with Crippen LogP contribution in [-0.2, 0) is 13.7 Å². The number of hydrogen-bond acceptors (Lipinski definition) is 7. The van der Waals surface area contributed by atoms with Crippen molar-refractivity contribution in [2.24, 2.45) is 7.05 Å². The molecule has 0 saturated heterocycles. The summed E-state index contributed by atoms with van der Waals surface area (Å²) in [6, 6.07) is 17.5. The van der Waals surface area contributed by atoms with E-state index in [-0.39, 0.29) is 12.1 Å². The summed E-state index contributed by atoms with van der Waals surface area (Å²) >= 11 is 0. The maximum absolute atomic E-state index is 11.6. The average Bonchev–Trinajstić information content (AvgIpc) is 3.60. The summed E-state index contributed by atoms with van der Waals surface area (Å²) in [6.45, 7) is 0.445. The van der Waals surface area contributed by atoms with Gasteiger partial charge in [-0.25, -0.2) is 9.78 Å². The number of aromatic nitrogens is 6. The van der Waals surface area contributed by atoms with Crippen molar-refractivity contribution >= 4 is 22.8 Å². The van der Waals surface area contributed by atoms with Crippen molar-refractivity contribution in [1.82, 2.24) is 29.5 Å². The van der Waals surface area contributed by atoms with Gasteiger partial charge in [0.1, 0.15) is 24.2 Å². The van der Waals surface area contributed by atoms with E-state index in [1.807, 2.05) is 66.5 Å². The maximum Gasteiger partial charge on any atom is 0.412 e. The first-order valence-corrected chi connectivity index (χ1v) is 13.6. The third-order valence-electron chi connectivity index (χ3n) is 7.39. The Morgan fingerprint density at radius 3 is 2.56 bits per heavy atom. The molecule has 1 aliphatic rings. The van der Waals surface area contributed by atoms with Gasteiger partial charge in [-0.3, -0.25) is 14.3 Å². The van der Waals surface area contributed by atoms with Crippen molar-refractivity contribution < 1.29 is 19.4 Å². The molecule has 11 heteroatoms. The van der Waals surface area contributed by atoms with E-state index in [4.69, 9.17) is 14.6 Å². The Labute approximate surface area is 237 Å². The molecule has 1 fully saturated rings. The molecule has 1 amide bonds. The Morgan fingerprint density at radius 2 is 1.83 bits per heavy atom. The van der Waals surface area contributed by atoms with Crippen LogP contribution in [0.25, 0.3) is 22.2 Å². The molecule has 5 aromatic rings. The zero-order chi connectivity index (χ0) is 28.3. The van der Waals surface area contributed by atoms with E-state index in [0.29, 0.717) is 24.2 Å². The lowest BCUT2D eigenvalue weighted by Crippen LogP contribution is -2.27. The topological polar surface area (TPSA) is 120 Å². The van der Waals surface area contributed by atoms with Crippen LogP contribution in [-0.4, -0.2) is 53.9 Å². The van der Waals surface area contributed by atoms with E-state index in [1.165, 1.54) is 7.05 Å². The minimum absolute atomic E-state index is 0.0260. The molecule has 0 bridgehead atoms. The fourth-order valence-electron chi connectivity index (χ4n) is 5.19. The van der Waals surface area contributed by atoms with Crippen molar-refractivity contribution in [2.45, 2.75) is 44.4 Å². The molecule has 0 aliphatic heterocycles. The van der Waals surface area contributed by atoms with Crippen LogP contribution in [0.15, 0.2) is 73.2 Å². The molecule has 4 aromatic heterocycles. The monoisotopic (exact) mass is 553 g/mol. The summed E-state index contributed by atoms with van der Waals surface area (Å²) in [5.74, 6) is 1.43. The zero-order valence-corrected chi connectivity index (χ0v) is 22.9. The quantitative estimate of drug-likeness (QED) is 0.268. The van der Waals surface area contributed by atoms with Crippen molar-refractivity contribution in [3.63, 3.8) is 0 Å². The smallest absolute Gasteiger partial charge is 0.412 e. The van der Waals surface area contributed by atoms with Crippen LogP contribution in [0, 0.1) is 0 Å². The predicted octanol–water partition coefficient (Wildman–Crippen LogP) is 5.48. The van der Waals surface area contributed by atoms with Crippen LogP contribution in [0.1, 0.15) is 37.3 Å². The van der Waals surface area contributed by atoms with Crippen molar-refractivity contribution in [3.8, 4) is 23.0 Å². The summed E-state index contributed by atoms with van der Waals surface area (Å²) < 4.78 is 15.9. The van der Waals surface area contributed by atoms with Crippen LogP contribution in [0.4, 0.5) is 10.6 Å². The number of rotatable bonds is 8. The highest BCUT2D eigenvalue weighted by Gasteiger charge is 2.28. The first-order valence-electron chi connectivity index (χ1n) is 13.6. The van der Waals surface area contributed by atoms with Crippen LogP contribution >= 0.6 is 0 Å². The number of carboxylic acid groups (broad SMARTS) is 1. The van der Waals surface area contributed by atoms with Gasteiger partial charge in [-0.1, -0.05) is 36.4 Å². The van der Waals surface area contributed by atoms with Gasteiger partial charge in [0, 0.05) is 55.6 Å². The highest BCUT2D eigenvalue weighted by Crippen LogP contribution is 2.36. The summed E-state index contributed by atoms with van der Waals surface area (Å²) in [4.78, 5) is 21.6. The number of amides is 1. The Balaban J connectivity index is 1.17. The van der Waals surface area contributed by atoms with Crippen LogP contribution < -0.4 is 14.4 Å². The van der Waals surface area contributed by atoms with Crippen LogP contribution in [0.5, 0.6) is 11.8 Å². The summed E-state index contributed by atoms with van der Waals surface area (Å²) in [5, 5.41) is 19.6. The second-order valence-electron chi connectivity index (χ2n) is 10.2. The van der Waals surface area contributed by atoms with Gasteiger partial charge in [0.25, 0.3) is 0 Å². The second kappa shape index (κ2) is 11.3. The van der Waals surface area contributed by atoms with Crippen molar-refractivity contribution in [2.75, 3.05) is 11.9 Å². The molecule has 6 rings (SSSR count). The number of fused-ring (bicyclic) bond motifs is 1. The molecule has 1 N–H and O–H groups in total. The van der Waals surface area contributed by atoms with E-state index >= 15 is 0 Å². The molecule has 1 aromatic carbocycles. The Morgan fingerprint density at radius 1 is 1.05 bits per heavy atom. The first kappa shape index (κ1) is 26.3. The zero-order valence-electron chi connectivity index (χ0n) is 22.9. The molecular weight excluding hydrogens is 522 g/mol. The average molecular weight is 554 g/mol.